The molecule has 0 amide bonds. The van der Waals surface area contributed by atoms with Crippen molar-refractivity contribution in [2.45, 2.75) is 29.8 Å². The van der Waals surface area contributed by atoms with E-state index in [9.17, 15) is 9.59 Å². The van der Waals surface area contributed by atoms with E-state index in [4.69, 9.17) is 4.74 Å². The van der Waals surface area contributed by atoms with Gasteiger partial charge in [0.25, 0.3) is 0 Å². The highest BCUT2D eigenvalue weighted by atomic mass is 32.2. The largest absolute Gasteiger partial charge is 0.364 e. The zero-order valence-electron chi connectivity index (χ0n) is 14.8. The highest BCUT2D eigenvalue weighted by Crippen LogP contribution is 2.48. The van der Waals surface area contributed by atoms with Crippen molar-refractivity contribution in [2.75, 3.05) is 23.7 Å². The average Bonchev–Trinajstić information content (AvgIpc) is 2.73. The first-order valence-corrected chi connectivity index (χ1v) is 10.3. The Balaban J connectivity index is 1.39. The van der Waals surface area contributed by atoms with Gasteiger partial charge in [-0.15, -0.1) is 11.8 Å². The number of thioether (sulfide) groups is 1. The molecule has 3 aliphatic rings. The lowest BCUT2D eigenvalue weighted by atomic mass is 9.85. The normalized spacial score (nSPS) is 26.6. The summed E-state index contributed by atoms with van der Waals surface area (Å²) in [6.45, 7) is 1.76. The number of hydrogen-bond donors (Lipinski definition) is 0. The molecule has 0 N–H and O–H groups in total. The van der Waals surface area contributed by atoms with Gasteiger partial charge < -0.3 is 9.64 Å². The molecule has 2 saturated heterocycles. The number of ether oxygens (including phenoxy) is 1. The Bertz CT molecular complexity index is 893. The molecule has 0 radical (unpaired) electrons. The number of ketones is 2. The third-order valence-corrected chi connectivity index (χ3v) is 7.33. The van der Waals surface area contributed by atoms with E-state index in [1.165, 1.54) is 0 Å². The van der Waals surface area contributed by atoms with Crippen molar-refractivity contribution in [3.63, 3.8) is 0 Å². The SMILES string of the molecule is O=C1C(=O)C2SCC3(CCN(c4ccccn4)CC3)OC2c2ccccc21. The molecule has 6 heteroatoms. The van der Waals surface area contributed by atoms with E-state index in [1.54, 1.807) is 23.9 Å². The number of benzene rings is 1. The highest BCUT2D eigenvalue weighted by molar-refractivity contribution is 8.00. The van der Waals surface area contributed by atoms with E-state index in [1.807, 2.05) is 36.5 Å². The topological polar surface area (TPSA) is 59.5 Å². The van der Waals surface area contributed by atoms with Crippen molar-refractivity contribution in [3.05, 3.63) is 59.8 Å². The van der Waals surface area contributed by atoms with Gasteiger partial charge in [-0.2, -0.15) is 0 Å². The van der Waals surface area contributed by atoms with Crippen LogP contribution < -0.4 is 4.90 Å². The van der Waals surface area contributed by atoms with Gasteiger partial charge >= 0.3 is 0 Å². The standard InChI is InChI=1S/C21H20N2O3S/c24-17-14-5-1-2-6-15(14)19-20(18(17)25)27-13-21(26-19)8-11-23(12-9-21)16-7-3-4-10-22-16/h1-7,10,19-20H,8-9,11-13H2. The van der Waals surface area contributed by atoms with Crippen molar-refractivity contribution in [3.8, 4) is 0 Å². The summed E-state index contributed by atoms with van der Waals surface area (Å²) in [6.07, 6.45) is 3.28. The third kappa shape index (κ3) is 2.78. The fourth-order valence-corrected chi connectivity index (χ4v) is 5.77. The number of carbonyl (C=O) groups is 2. The monoisotopic (exact) mass is 380 g/mol. The van der Waals surface area contributed by atoms with Crippen LogP contribution in [0.2, 0.25) is 0 Å². The van der Waals surface area contributed by atoms with Crippen molar-refractivity contribution in [2.24, 2.45) is 0 Å². The van der Waals surface area contributed by atoms with Gasteiger partial charge in [0.1, 0.15) is 17.2 Å². The van der Waals surface area contributed by atoms with Crippen LogP contribution in [-0.4, -0.2) is 46.2 Å². The molecule has 0 saturated carbocycles. The Kier molecular flexibility index (Phi) is 4.06. The number of nitrogens with zero attached hydrogens (tertiary/aromatic N) is 2. The molecule has 27 heavy (non-hydrogen) atoms. The number of piperidine rings is 1. The predicted molar refractivity (Wildman–Crippen MR) is 104 cm³/mol. The minimum Gasteiger partial charge on any atom is -0.364 e. The molecular formula is C21H20N2O3S. The maximum atomic E-state index is 12.6. The second-order valence-corrected chi connectivity index (χ2v) is 8.54. The molecule has 2 aromatic rings. The molecule has 1 aliphatic carbocycles. The van der Waals surface area contributed by atoms with Gasteiger partial charge in [-0.05, 0) is 30.5 Å². The smallest absolute Gasteiger partial charge is 0.230 e. The first-order valence-electron chi connectivity index (χ1n) is 9.30. The zero-order valence-corrected chi connectivity index (χ0v) is 15.7. The van der Waals surface area contributed by atoms with Crippen molar-refractivity contribution in [1.29, 1.82) is 0 Å². The fourth-order valence-electron chi connectivity index (χ4n) is 4.29. The van der Waals surface area contributed by atoms with Crippen LogP contribution in [0.25, 0.3) is 0 Å². The first-order chi connectivity index (χ1) is 13.2. The van der Waals surface area contributed by atoms with Gasteiger partial charge in [0.2, 0.25) is 11.6 Å². The maximum Gasteiger partial charge on any atom is 0.230 e. The van der Waals surface area contributed by atoms with E-state index in [2.05, 4.69) is 9.88 Å². The Morgan fingerprint density at radius 1 is 1.07 bits per heavy atom. The minimum absolute atomic E-state index is 0.245. The number of anilines is 1. The lowest BCUT2D eigenvalue weighted by Gasteiger charge is -2.49. The molecule has 3 heterocycles. The summed E-state index contributed by atoms with van der Waals surface area (Å²) in [4.78, 5) is 31.7. The van der Waals surface area contributed by atoms with Crippen molar-refractivity contribution < 1.29 is 14.3 Å². The van der Waals surface area contributed by atoms with E-state index in [0.717, 1.165) is 43.1 Å². The van der Waals surface area contributed by atoms with Crippen LogP contribution in [0.1, 0.15) is 34.9 Å². The molecule has 2 unspecified atom stereocenters. The van der Waals surface area contributed by atoms with E-state index < -0.39 is 5.25 Å². The van der Waals surface area contributed by atoms with Crippen LogP contribution >= 0.6 is 11.8 Å². The number of hydrogen-bond acceptors (Lipinski definition) is 6. The number of rotatable bonds is 1. The molecule has 138 valence electrons. The summed E-state index contributed by atoms with van der Waals surface area (Å²) in [7, 11) is 0. The average molecular weight is 380 g/mol. The highest BCUT2D eigenvalue weighted by Gasteiger charge is 2.51. The molecule has 1 aromatic heterocycles. The predicted octanol–water partition coefficient (Wildman–Crippen LogP) is 3.06. The number of Topliss-reactive ketones (excluding diaryl/α,β-unsaturated/α-hetero) is 2. The molecule has 5 nitrogen and oxygen atoms in total. The third-order valence-electron chi connectivity index (χ3n) is 5.82. The molecule has 0 bridgehead atoms. The first kappa shape index (κ1) is 17.0. The van der Waals surface area contributed by atoms with Crippen LogP contribution in [0.15, 0.2) is 48.7 Å². The summed E-state index contributed by atoms with van der Waals surface area (Å²) >= 11 is 1.60. The lowest BCUT2D eigenvalue weighted by molar-refractivity contribution is -0.129. The number of pyridine rings is 1. The molecule has 2 fully saturated rings. The molecule has 1 spiro atoms. The molecule has 1 aromatic carbocycles. The number of aromatic nitrogens is 1. The summed E-state index contributed by atoms with van der Waals surface area (Å²) in [5, 5.41) is -0.410. The van der Waals surface area contributed by atoms with E-state index >= 15 is 0 Å². The second kappa shape index (κ2) is 6.46. The Hall–Kier alpha value is -2.18. The fraction of sp³-hybridized carbons (Fsp3) is 0.381. The quantitative estimate of drug-likeness (QED) is 0.709. The zero-order chi connectivity index (χ0) is 18.4. The van der Waals surface area contributed by atoms with Gasteiger partial charge in [0.15, 0.2) is 0 Å². The summed E-state index contributed by atoms with van der Waals surface area (Å²) in [5.41, 5.74) is 1.13. The van der Waals surface area contributed by atoms with Gasteiger partial charge in [-0.3, -0.25) is 9.59 Å². The van der Waals surface area contributed by atoms with Gasteiger partial charge in [-0.25, -0.2) is 4.98 Å². The molecular weight excluding hydrogens is 360 g/mol. The lowest BCUT2D eigenvalue weighted by Crippen LogP contribution is -2.54. The Labute approximate surface area is 162 Å². The van der Waals surface area contributed by atoms with Crippen molar-refractivity contribution in [1.82, 2.24) is 4.98 Å². The molecule has 5 rings (SSSR count). The van der Waals surface area contributed by atoms with Gasteiger partial charge in [0.05, 0.1) is 5.60 Å². The second-order valence-electron chi connectivity index (χ2n) is 7.41. The Morgan fingerprint density at radius 2 is 1.85 bits per heavy atom. The van der Waals surface area contributed by atoms with E-state index in [-0.39, 0.29) is 23.3 Å². The van der Waals surface area contributed by atoms with E-state index in [0.29, 0.717) is 5.56 Å². The van der Waals surface area contributed by atoms with Crippen LogP contribution in [0.4, 0.5) is 5.82 Å². The molecule has 2 aliphatic heterocycles. The summed E-state index contributed by atoms with van der Waals surface area (Å²) < 4.78 is 6.61. The van der Waals surface area contributed by atoms with Crippen LogP contribution in [0.3, 0.4) is 0 Å². The number of fused-ring (bicyclic) bond motifs is 3. The van der Waals surface area contributed by atoms with Gasteiger partial charge in [0, 0.05) is 30.6 Å². The summed E-state index contributed by atoms with van der Waals surface area (Å²) in [6, 6.07) is 13.4. The number of carbonyl (C=O) groups excluding carboxylic acids is 2. The minimum atomic E-state index is -0.410. The summed E-state index contributed by atoms with van der Waals surface area (Å²) in [5.74, 6) is 1.07. The Morgan fingerprint density at radius 3 is 2.63 bits per heavy atom. The van der Waals surface area contributed by atoms with Crippen LogP contribution in [-0.2, 0) is 9.53 Å². The van der Waals surface area contributed by atoms with Crippen LogP contribution in [0.5, 0.6) is 0 Å². The maximum absolute atomic E-state index is 12.6. The van der Waals surface area contributed by atoms with Crippen LogP contribution in [0, 0.1) is 0 Å². The van der Waals surface area contributed by atoms with Gasteiger partial charge in [-0.1, -0.05) is 30.3 Å². The van der Waals surface area contributed by atoms with Crippen molar-refractivity contribution >= 4 is 29.1 Å². The molecule has 2 atom stereocenters.